The molecule has 1 amide bonds. The van der Waals surface area contributed by atoms with E-state index in [1.165, 1.54) is 6.92 Å². The lowest BCUT2D eigenvalue weighted by Gasteiger charge is -2.46. The Morgan fingerprint density at radius 2 is 2.13 bits per heavy atom. The number of hydrogen-bond donors (Lipinski definition) is 5. The molecule has 6 atom stereocenters. The number of rotatable bonds is 5. The maximum Gasteiger partial charge on any atom is 0.251 e. The fraction of sp³-hybridized carbons (Fsp3) is 0.476. The first-order valence-electron chi connectivity index (χ1n) is 9.58. The highest BCUT2D eigenvalue weighted by atomic mass is 35.5. The lowest BCUT2D eigenvalue weighted by molar-refractivity contribution is -0.327. The molecule has 0 radical (unpaired) electrons. The molecule has 8 nitrogen and oxygen atoms in total. The van der Waals surface area contributed by atoms with Gasteiger partial charge >= 0.3 is 0 Å². The van der Waals surface area contributed by atoms with Gasteiger partial charge in [0.15, 0.2) is 5.60 Å². The molecule has 1 aromatic rings. The molecule has 1 heterocycles. The molecule has 0 spiro atoms. The van der Waals surface area contributed by atoms with Crippen molar-refractivity contribution in [3.05, 3.63) is 53.3 Å². The largest absolute Gasteiger partial charge is 0.464 e. The molecule has 164 valence electrons. The molecule has 0 aromatic heterocycles. The normalized spacial score (nSPS) is 34.0. The van der Waals surface area contributed by atoms with Crippen molar-refractivity contribution < 1.29 is 34.7 Å². The number of benzene rings is 1. The second kappa shape index (κ2) is 9.05. The highest BCUT2D eigenvalue weighted by Crippen LogP contribution is 2.36. The van der Waals surface area contributed by atoms with Crippen LogP contribution in [-0.4, -0.2) is 75.6 Å². The summed E-state index contributed by atoms with van der Waals surface area (Å²) in [5, 5.41) is 42.3. The first kappa shape index (κ1) is 22.7. The third-order valence-electron chi connectivity index (χ3n) is 5.34. The van der Waals surface area contributed by atoms with Gasteiger partial charge in [-0.3, -0.25) is 4.79 Å². The van der Waals surface area contributed by atoms with Crippen LogP contribution in [0.5, 0.6) is 0 Å². The number of allylic oxidation sites excluding steroid dienone is 4. The first-order valence-corrected chi connectivity index (χ1v) is 10.0. The number of nitrogens with one attached hydrogen (secondary N) is 1. The average Bonchev–Trinajstić information content (AvgIpc) is 2.75. The number of aliphatic hydroxyl groups excluding tert-OH is 3. The van der Waals surface area contributed by atoms with Crippen molar-refractivity contribution in [1.29, 1.82) is 0 Å². The van der Waals surface area contributed by atoms with E-state index in [-0.39, 0.29) is 5.91 Å². The molecule has 1 aliphatic heterocycles. The number of hydrogen-bond acceptors (Lipinski definition) is 7. The van der Waals surface area contributed by atoms with Crippen molar-refractivity contribution in [2.24, 2.45) is 0 Å². The van der Waals surface area contributed by atoms with E-state index < -0.39 is 42.2 Å². The zero-order chi connectivity index (χ0) is 22.1. The van der Waals surface area contributed by atoms with Gasteiger partial charge in [0, 0.05) is 12.6 Å². The third-order valence-corrected chi connectivity index (χ3v) is 5.73. The second-order valence-corrected chi connectivity index (χ2v) is 8.06. The van der Waals surface area contributed by atoms with Crippen molar-refractivity contribution in [2.45, 2.75) is 48.9 Å². The zero-order valence-corrected chi connectivity index (χ0v) is 17.4. The van der Waals surface area contributed by atoms with Gasteiger partial charge in [-0.15, -0.1) is 11.6 Å². The van der Waals surface area contributed by atoms with Gasteiger partial charge in [0.25, 0.3) is 5.91 Å². The molecule has 30 heavy (non-hydrogen) atoms. The Kier molecular flexibility index (Phi) is 6.86. The quantitative estimate of drug-likeness (QED) is 0.423. The Bertz CT molecular complexity index is 854. The smallest absolute Gasteiger partial charge is 0.251 e. The van der Waals surface area contributed by atoms with E-state index in [0.29, 0.717) is 17.7 Å². The van der Waals surface area contributed by atoms with E-state index in [1.807, 2.05) is 12.1 Å². The van der Waals surface area contributed by atoms with Crippen LogP contribution in [0.1, 0.15) is 29.3 Å². The van der Waals surface area contributed by atoms with Crippen LogP contribution >= 0.6 is 11.6 Å². The molecule has 0 saturated carbocycles. The predicted molar refractivity (Wildman–Crippen MR) is 110 cm³/mol. The molecule has 9 heteroatoms. The molecule has 6 unspecified atom stereocenters. The fourth-order valence-electron chi connectivity index (χ4n) is 3.43. The minimum Gasteiger partial charge on any atom is -0.464 e. The topological polar surface area (TPSA) is 128 Å². The standard InChI is InChI=1S/C21H26ClNO7/c1-21(28)18(26)17(25)16(10-24)30-20(21)29-15-9-12(6-7-14(15)22)11-4-3-5-13(8-11)19(27)23-2/h3-6,8-9,14,16-18,20,24-26,28H,7,10H2,1-2H3,(H,23,27). The maximum atomic E-state index is 11.9. The molecular weight excluding hydrogens is 414 g/mol. The van der Waals surface area contributed by atoms with Crippen LogP contribution in [0.25, 0.3) is 5.57 Å². The number of aliphatic hydroxyl groups is 4. The van der Waals surface area contributed by atoms with E-state index >= 15 is 0 Å². The van der Waals surface area contributed by atoms with Crippen LogP contribution in [0.3, 0.4) is 0 Å². The lowest BCUT2D eigenvalue weighted by atomic mass is 9.88. The summed E-state index contributed by atoms with van der Waals surface area (Å²) in [6, 6.07) is 7.05. The molecule has 1 aliphatic carbocycles. The average molecular weight is 440 g/mol. The summed E-state index contributed by atoms with van der Waals surface area (Å²) >= 11 is 6.39. The number of alkyl halides is 1. The minimum absolute atomic E-state index is 0.210. The second-order valence-electron chi connectivity index (χ2n) is 7.54. The Hall–Kier alpha value is -1.94. The molecule has 1 aromatic carbocycles. The molecule has 0 bridgehead atoms. The van der Waals surface area contributed by atoms with Crippen LogP contribution in [0.15, 0.2) is 42.2 Å². The van der Waals surface area contributed by atoms with Crippen LogP contribution in [0, 0.1) is 0 Å². The number of carbonyl (C=O) groups is 1. The Balaban J connectivity index is 1.86. The Morgan fingerprint density at radius 3 is 2.80 bits per heavy atom. The van der Waals surface area contributed by atoms with Gasteiger partial charge in [0.2, 0.25) is 6.29 Å². The summed E-state index contributed by atoms with van der Waals surface area (Å²) in [4.78, 5) is 11.9. The Labute approximate surface area is 179 Å². The highest BCUT2D eigenvalue weighted by Gasteiger charge is 2.53. The molecule has 3 rings (SSSR count). The van der Waals surface area contributed by atoms with E-state index in [9.17, 15) is 25.2 Å². The van der Waals surface area contributed by atoms with Crippen molar-refractivity contribution in [1.82, 2.24) is 5.32 Å². The predicted octanol–water partition coefficient (Wildman–Crippen LogP) is 0.531. The molecule has 5 N–H and O–H groups in total. The summed E-state index contributed by atoms with van der Waals surface area (Å²) < 4.78 is 11.3. The number of halogens is 1. The monoisotopic (exact) mass is 439 g/mol. The van der Waals surface area contributed by atoms with Crippen molar-refractivity contribution in [2.75, 3.05) is 13.7 Å². The minimum atomic E-state index is -1.94. The summed E-state index contributed by atoms with van der Waals surface area (Å²) in [6.07, 6.45) is -1.54. The lowest BCUT2D eigenvalue weighted by Crippen LogP contribution is -2.65. The molecule has 1 saturated heterocycles. The molecular formula is C21H26ClNO7. The maximum absolute atomic E-state index is 11.9. The summed E-state index contributed by atoms with van der Waals surface area (Å²) in [5.41, 5.74) is 0.104. The number of amides is 1. The van der Waals surface area contributed by atoms with Gasteiger partial charge in [-0.1, -0.05) is 18.2 Å². The van der Waals surface area contributed by atoms with Crippen molar-refractivity contribution >= 4 is 23.1 Å². The van der Waals surface area contributed by atoms with Crippen LogP contribution in [0.2, 0.25) is 0 Å². The van der Waals surface area contributed by atoms with Gasteiger partial charge in [-0.05, 0) is 42.7 Å². The van der Waals surface area contributed by atoms with Crippen LogP contribution in [-0.2, 0) is 9.47 Å². The highest BCUT2D eigenvalue weighted by molar-refractivity contribution is 6.22. The summed E-state index contributed by atoms with van der Waals surface area (Å²) in [7, 11) is 1.56. The van der Waals surface area contributed by atoms with Gasteiger partial charge in [-0.2, -0.15) is 0 Å². The number of ether oxygens (including phenoxy) is 2. The van der Waals surface area contributed by atoms with E-state index in [2.05, 4.69) is 5.32 Å². The van der Waals surface area contributed by atoms with Gasteiger partial charge in [0.05, 0.1) is 12.0 Å². The summed E-state index contributed by atoms with van der Waals surface area (Å²) in [5.74, 6) is 0.0863. The van der Waals surface area contributed by atoms with E-state index in [0.717, 1.165) is 11.1 Å². The van der Waals surface area contributed by atoms with Crippen molar-refractivity contribution in [3.63, 3.8) is 0 Å². The molecule has 1 fully saturated rings. The van der Waals surface area contributed by atoms with Crippen molar-refractivity contribution in [3.8, 4) is 0 Å². The zero-order valence-electron chi connectivity index (χ0n) is 16.7. The SMILES string of the molecule is CNC(=O)c1cccc(C2=CCC(Cl)C(OC3OC(CO)C(O)C(O)C3(C)O)=C2)c1. The van der Waals surface area contributed by atoms with E-state index in [1.54, 1.807) is 31.3 Å². The summed E-state index contributed by atoms with van der Waals surface area (Å²) in [6.45, 7) is 0.713. The van der Waals surface area contributed by atoms with E-state index in [4.69, 9.17) is 21.1 Å². The fourth-order valence-corrected chi connectivity index (χ4v) is 3.63. The first-order chi connectivity index (χ1) is 14.2. The van der Waals surface area contributed by atoms with Gasteiger partial charge in [0.1, 0.15) is 24.1 Å². The van der Waals surface area contributed by atoms with Gasteiger partial charge < -0.3 is 35.2 Å². The number of carbonyl (C=O) groups excluding carboxylic acids is 1. The van der Waals surface area contributed by atoms with Crippen LogP contribution < -0.4 is 5.32 Å². The van der Waals surface area contributed by atoms with Gasteiger partial charge in [-0.25, -0.2) is 0 Å². The third kappa shape index (κ3) is 4.39. The van der Waals surface area contributed by atoms with Crippen LogP contribution in [0.4, 0.5) is 0 Å². The Morgan fingerprint density at radius 1 is 1.40 bits per heavy atom. The molecule has 2 aliphatic rings.